The smallest absolute Gasteiger partial charge is 0.0633 e. The number of aliphatic hydroxyl groups is 2. The summed E-state index contributed by atoms with van der Waals surface area (Å²) in [6.45, 7) is 5.27. The van der Waals surface area contributed by atoms with E-state index >= 15 is 0 Å². The van der Waals surface area contributed by atoms with Crippen LogP contribution in [-0.4, -0.2) is 33.5 Å². The lowest BCUT2D eigenvalue weighted by atomic mass is 9.99. The van der Waals surface area contributed by atoms with Gasteiger partial charge in [-0.15, -0.1) is 0 Å². The molecule has 0 saturated heterocycles. The Labute approximate surface area is 159 Å². The first-order chi connectivity index (χ1) is 13.1. The van der Waals surface area contributed by atoms with Gasteiger partial charge in [0.2, 0.25) is 0 Å². The van der Waals surface area contributed by atoms with Gasteiger partial charge in [0.1, 0.15) is 0 Å². The molecule has 4 nitrogen and oxygen atoms in total. The van der Waals surface area contributed by atoms with Gasteiger partial charge in [-0.1, -0.05) is 42.5 Å². The zero-order chi connectivity index (χ0) is 19.0. The number of fused-ring (bicyclic) bond motifs is 5. The highest BCUT2D eigenvalue weighted by molar-refractivity contribution is 6.21. The molecule has 3 N–H and O–H groups in total. The van der Waals surface area contributed by atoms with E-state index in [1.807, 2.05) is 6.92 Å². The molecule has 0 unspecified atom stereocenters. The van der Waals surface area contributed by atoms with Crippen molar-refractivity contribution in [3.8, 4) is 0 Å². The van der Waals surface area contributed by atoms with Crippen molar-refractivity contribution in [3.05, 3.63) is 60.2 Å². The van der Waals surface area contributed by atoms with E-state index in [2.05, 4.69) is 71.4 Å². The third-order valence-corrected chi connectivity index (χ3v) is 5.59. The van der Waals surface area contributed by atoms with Crippen LogP contribution in [0.1, 0.15) is 19.4 Å². The minimum absolute atomic E-state index is 0.112. The quantitative estimate of drug-likeness (QED) is 0.489. The second kappa shape index (κ2) is 6.97. The molecule has 0 saturated carbocycles. The number of nitrogens with zero attached hydrogens (tertiary/aromatic N) is 1. The van der Waals surface area contributed by atoms with Crippen LogP contribution in [0.5, 0.6) is 0 Å². The zero-order valence-electron chi connectivity index (χ0n) is 15.9. The molecular formula is C23H26N2O2. The number of hydrogen-bond acceptors (Lipinski definition) is 3. The molecule has 27 heavy (non-hydrogen) atoms. The molecule has 0 fully saturated rings. The van der Waals surface area contributed by atoms with Gasteiger partial charge < -0.3 is 20.1 Å². The fourth-order valence-electron chi connectivity index (χ4n) is 3.94. The summed E-state index contributed by atoms with van der Waals surface area (Å²) < 4.78 is 2.36. The van der Waals surface area contributed by atoms with Crippen LogP contribution in [0.2, 0.25) is 0 Å². The number of aryl methyl sites for hydroxylation is 1. The van der Waals surface area contributed by atoms with E-state index in [9.17, 15) is 10.2 Å². The summed E-state index contributed by atoms with van der Waals surface area (Å²) in [6, 6.07) is 19.3. The van der Waals surface area contributed by atoms with Crippen LogP contribution in [0, 0.1) is 0 Å². The Morgan fingerprint density at radius 3 is 2.37 bits per heavy atom. The van der Waals surface area contributed by atoms with Crippen molar-refractivity contribution >= 4 is 32.6 Å². The van der Waals surface area contributed by atoms with Crippen molar-refractivity contribution in [1.82, 2.24) is 9.88 Å². The van der Waals surface area contributed by atoms with E-state index in [0.717, 1.165) is 6.54 Å². The molecule has 4 heteroatoms. The summed E-state index contributed by atoms with van der Waals surface area (Å²) in [5.74, 6) is 0. The van der Waals surface area contributed by atoms with Gasteiger partial charge in [0.15, 0.2) is 0 Å². The summed E-state index contributed by atoms with van der Waals surface area (Å²) in [6.07, 6.45) is 0. The lowest BCUT2D eigenvalue weighted by Crippen LogP contribution is -2.48. The third-order valence-electron chi connectivity index (χ3n) is 5.59. The van der Waals surface area contributed by atoms with E-state index in [1.54, 1.807) is 0 Å². The second-order valence-electron chi connectivity index (χ2n) is 7.47. The van der Waals surface area contributed by atoms with Crippen LogP contribution in [0.25, 0.3) is 32.6 Å². The SMILES string of the molecule is CCn1c2cccc(CNC(C)(CO)CO)c2c2c3ccccc3ccc21. The van der Waals surface area contributed by atoms with E-state index in [4.69, 9.17) is 0 Å². The van der Waals surface area contributed by atoms with Gasteiger partial charge in [-0.05, 0) is 42.3 Å². The first-order valence-electron chi connectivity index (χ1n) is 9.50. The first-order valence-corrected chi connectivity index (χ1v) is 9.50. The minimum Gasteiger partial charge on any atom is -0.394 e. The lowest BCUT2D eigenvalue weighted by Gasteiger charge is -2.26. The predicted molar refractivity (Wildman–Crippen MR) is 112 cm³/mol. The Balaban J connectivity index is 1.99. The number of benzene rings is 3. The third kappa shape index (κ3) is 2.90. The van der Waals surface area contributed by atoms with Crippen molar-refractivity contribution < 1.29 is 10.2 Å². The number of rotatable bonds is 6. The molecule has 0 aliphatic heterocycles. The Hall–Kier alpha value is -2.40. The summed E-state index contributed by atoms with van der Waals surface area (Å²) in [5.41, 5.74) is 2.94. The maximum atomic E-state index is 9.61. The summed E-state index contributed by atoms with van der Waals surface area (Å²) >= 11 is 0. The molecule has 0 amide bonds. The van der Waals surface area contributed by atoms with Gasteiger partial charge in [-0.25, -0.2) is 0 Å². The average molecular weight is 362 g/mol. The summed E-state index contributed by atoms with van der Waals surface area (Å²) in [7, 11) is 0. The van der Waals surface area contributed by atoms with E-state index < -0.39 is 5.54 Å². The molecule has 1 heterocycles. The van der Waals surface area contributed by atoms with Crippen molar-refractivity contribution in [2.24, 2.45) is 0 Å². The molecule has 0 spiro atoms. The first kappa shape index (κ1) is 18.0. The number of aliphatic hydroxyl groups excluding tert-OH is 2. The maximum absolute atomic E-state index is 9.61. The van der Waals surface area contributed by atoms with Crippen LogP contribution in [-0.2, 0) is 13.1 Å². The standard InChI is InChI=1S/C23H26N2O2/c1-3-25-19-10-6-8-17(13-24-23(2,14-26)15-27)21(19)22-18-9-5-4-7-16(18)11-12-20(22)25/h4-12,24,26-27H,3,13-15H2,1-2H3. The van der Waals surface area contributed by atoms with Crippen molar-refractivity contribution in [1.29, 1.82) is 0 Å². The van der Waals surface area contributed by atoms with Gasteiger partial charge in [-0.2, -0.15) is 0 Å². The largest absolute Gasteiger partial charge is 0.394 e. The van der Waals surface area contributed by atoms with Crippen LogP contribution >= 0.6 is 0 Å². The molecule has 0 radical (unpaired) electrons. The Bertz CT molecular complexity index is 1110. The molecule has 0 atom stereocenters. The molecule has 1 aromatic heterocycles. The van der Waals surface area contributed by atoms with Crippen LogP contribution in [0.3, 0.4) is 0 Å². The van der Waals surface area contributed by atoms with Gasteiger partial charge in [0.25, 0.3) is 0 Å². The normalized spacial score (nSPS) is 12.4. The molecule has 3 aromatic carbocycles. The summed E-state index contributed by atoms with van der Waals surface area (Å²) in [5, 5.41) is 27.6. The fraction of sp³-hybridized carbons (Fsp3) is 0.304. The molecule has 0 aliphatic carbocycles. The van der Waals surface area contributed by atoms with E-state index in [0.29, 0.717) is 6.54 Å². The highest BCUT2D eigenvalue weighted by Crippen LogP contribution is 2.36. The Morgan fingerprint density at radius 1 is 0.889 bits per heavy atom. The highest BCUT2D eigenvalue weighted by atomic mass is 16.3. The molecule has 0 aliphatic rings. The number of nitrogens with one attached hydrogen (secondary N) is 1. The molecular weight excluding hydrogens is 336 g/mol. The highest BCUT2D eigenvalue weighted by Gasteiger charge is 2.22. The Morgan fingerprint density at radius 2 is 1.63 bits per heavy atom. The number of aromatic nitrogens is 1. The predicted octanol–water partition coefficient (Wildman–Crippen LogP) is 3.80. The van der Waals surface area contributed by atoms with E-state index in [-0.39, 0.29) is 13.2 Å². The monoisotopic (exact) mass is 362 g/mol. The van der Waals surface area contributed by atoms with Crippen LogP contribution in [0.15, 0.2) is 54.6 Å². The topological polar surface area (TPSA) is 57.4 Å². The minimum atomic E-state index is -0.701. The molecule has 4 aromatic rings. The van der Waals surface area contributed by atoms with Crippen LogP contribution < -0.4 is 5.32 Å². The lowest BCUT2D eigenvalue weighted by molar-refractivity contribution is 0.103. The zero-order valence-corrected chi connectivity index (χ0v) is 15.9. The molecule has 4 rings (SSSR count). The van der Waals surface area contributed by atoms with Gasteiger partial charge in [0.05, 0.1) is 18.8 Å². The van der Waals surface area contributed by atoms with Gasteiger partial charge in [-0.3, -0.25) is 0 Å². The van der Waals surface area contributed by atoms with Gasteiger partial charge in [0, 0.05) is 34.9 Å². The van der Waals surface area contributed by atoms with Crippen LogP contribution in [0.4, 0.5) is 0 Å². The van der Waals surface area contributed by atoms with Crippen molar-refractivity contribution in [2.75, 3.05) is 13.2 Å². The average Bonchev–Trinajstić information content (AvgIpc) is 3.06. The maximum Gasteiger partial charge on any atom is 0.0633 e. The summed E-state index contributed by atoms with van der Waals surface area (Å²) in [4.78, 5) is 0. The Kier molecular flexibility index (Phi) is 4.64. The fourth-order valence-corrected chi connectivity index (χ4v) is 3.94. The molecule has 140 valence electrons. The van der Waals surface area contributed by atoms with Gasteiger partial charge >= 0.3 is 0 Å². The second-order valence-corrected chi connectivity index (χ2v) is 7.47. The van der Waals surface area contributed by atoms with Crippen molar-refractivity contribution in [2.45, 2.75) is 32.5 Å². The van der Waals surface area contributed by atoms with E-state index in [1.165, 1.54) is 38.1 Å². The molecule has 0 bridgehead atoms. The van der Waals surface area contributed by atoms with Crippen molar-refractivity contribution in [3.63, 3.8) is 0 Å². The number of hydrogen-bond donors (Lipinski definition) is 3.